The molecular formula is C11H11N5O3. The van der Waals surface area contributed by atoms with Crippen molar-refractivity contribution in [3.8, 4) is 23.0 Å². The Morgan fingerprint density at radius 1 is 1.21 bits per heavy atom. The van der Waals surface area contributed by atoms with Gasteiger partial charge in [0.1, 0.15) is 6.20 Å². The maximum atomic E-state index is 5.29. The number of nitrogens with one attached hydrogen (secondary N) is 1. The van der Waals surface area contributed by atoms with Crippen LogP contribution in [0.2, 0.25) is 0 Å². The Morgan fingerprint density at radius 3 is 2.74 bits per heavy atom. The molecule has 0 amide bonds. The van der Waals surface area contributed by atoms with Gasteiger partial charge in [0, 0.05) is 12.1 Å². The van der Waals surface area contributed by atoms with Crippen LogP contribution >= 0.6 is 0 Å². The van der Waals surface area contributed by atoms with Crippen LogP contribution in [0.25, 0.3) is 22.6 Å². The molecule has 2 aromatic heterocycles. The SMILES string of the molecule is CN.c1nonc1-c1nc2cc3c(cc2[nH]1)OCO3. The highest BCUT2D eigenvalue weighted by molar-refractivity contribution is 5.82. The van der Waals surface area contributed by atoms with Crippen molar-refractivity contribution in [2.45, 2.75) is 0 Å². The Morgan fingerprint density at radius 2 is 2.00 bits per heavy atom. The van der Waals surface area contributed by atoms with Gasteiger partial charge in [-0.25, -0.2) is 9.61 Å². The van der Waals surface area contributed by atoms with E-state index in [1.54, 1.807) is 0 Å². The highest BCUT2D eigenvalue weighted by atomic mass is 16.7. The van der Waals surface area contributed by atoms with Crippen LogP contribution in [0, 0.1) is 0 Å². The van der Waals surface area contributed by atoms with Gasteiger partial charge in [0.2, 0.25) is 6.79 Å². The van der Waals surface area contributed by atoms with Gasteiger partial charge in [-0.15, -0.1) is 0 Å². The topological polar surface area (TPSA) is 112 Å². The third kappa shape index (κ3) is 1.87. The van der Waals surface area contributed by atoms with Crippen molar-refractivity contribution in [1.82, 2.24) is 20.3 Å². The van der Waals surface area contributed by atoms with Crippen LogP contribution in [0.3, 0.4) is 0 Å². The van der Waals surface area contributed by atoms with Crippen molar-refractivity contribution >= 4 is 11.0 Å². The third-order valence-corrected chi connectivity index (χ3v) is 2.58. The summed E-state index contributed by atoms with van der Waals surface area (Å²) >= 11 is 0. The van der Waals surface area contributed by atoms with Gasteiger partial charge in [-0.1, -0.05) is 5.16 Å². The molecule has 98 valence electrons. The van der Waals surface area contributed by atoms with Crippen LogP contribution in [0.5, 0.6) is 11.5 Å². The minimum atomic E-state index is 0.252. The summed E-state index contributed by atoms with van der Waals surface area (Å²) in [6, 6.07) is 3.67. The minimum absolute atomic E-state index is 0.252. The number of aromatic nitrogens is 4. The summed E-state index contributed by atoms with van der Waals surface area (Å²) in [4.78, 5) is 7.50. The largest absolute Gasteiger partial charge is 0.454 e. The Labute approximate surface area is 107 Å². The van der Waals surface area contributed by atoms with E-state index < -0.39 is 0 Å². The van der Waals surface area contributed by atoms with E-state index in [0.29, 0.717) is 23.0 Å². The van der Waals surface area contributed by atoms with E-state index >= 15 is 0 Å². The molecule has 8 nitrogen and oxygen atoms in total. The lowest BCUT2D eigenvalue weighted by Crippen LogP contribution is -1.92. The summed E-state index contributed by atoms with van der Waals surface area (Å²) < 4.78 is 15.1. The molecule has 0 atom stereocenters. The van der Waals surface area contributed by atoms with Crippen LogP contribution in [-0.2, 0) is 0 Å². The molecule has 4 rings (SSSR count). The van der Waals surface area contributed by atoms with Gasteiger partial charge < -0.3 is 20.2 Å². The van der Waals surface area contributed by atoms with Gasteiger partial charge in [-0.2, -0.15) is 0 Å². The highest BCUT2D eigenvalue weighted by Crippen LogP contribution is 2.35. The van der Waals surface area contributed by atoms with Crippen LogP contribution in [0.15, 0.2) is 23.0 Å². The smallest absolute Gasteiger partial charge is 0.231 e. The first-order valence-corrected chi connectivity index (χ1v) is 5.55. The van der Waals surface area contributed by atoms with E-state index in [1.165, 1.54) is 13.2 Å². The monoisotopic (exact) mass is 261 g/mol. The van der Waals surface area contributed by atoms with Gasteiger partial charge in [0.25, 0.3) is 0 Å². The average molecular weight is 261 g/mol. The van der Waals surface area contributed by atoms with Crippen molar-refractivity contribution in [3.05, 3.63) is 18.3 Å². The quantitative estimate of drug-likeness (QED) is 0.669. The normalized spacial score (nSPS) is 12.3. The number of imidazole rings is 1. The first-order chi connectivity index (χ1) is 9.40. The number of fused-ring (bicyclic) bond motifs is 2. The van der Waals surface area contributed by atoms with Crippen molar-refractivity contribution < 1.29 is 14.1 Å². The van der Waals surface area contributed by atoms with Gasteiger partial charge in [-0.05, 0) is 12.2 Å². The van der Waals surface area contributed by atoms with Gasteiger partial charge in [-0.3, -0.25) is 0 Å². The zero-order valence-electron chi connectivity index (χ0n) is 10.1. The second-order valence-electron chi connectivity index (χ2n) is 3.60. The van der Waals surface area contributed by atoms with Crippen molar-refractivity contribution in [2.75, 3.05) is 13.8 Å². The molecule has 19 heavy (non-hydrogen) atoms. The second kappa shape index (κ2) is 4.58. The third-order valence-electron chi connectivity index (χ3n) is 2.58. The number of nitrogens with zero attached hydrogens (tertiary/aromatic N) is 3. The van der Waals surface area contributed by atoms with Crippen molar-refractivity contribution in [1.29, 1.82) is 0 Å². The summed E-state index contributed by atoms with van der Waals surface area (Å²) in [5.41, 5.74) is 6.70. The lowest BCUT2D eigenvalue weighted by Gasteiger charge is -1.93. The average Bonchev–Trinajstić information content (AvgIpc) is 3.17. The molecule has 0 spiro atoms. The van der Waals surface area contributed by atoms with Gasteiger partial charge in [0.15, 0.2) is 23.0 Å². The molecule has 1 aliphatic rings. The molecule has 0 saturated carbocycles. The maximum absolute atomic E-state index is 5.29. The zero-order valence-corrected chi connectivity index (χ0v) is 10.1. The van der Waals surface area contributed by atoms with E-state index in [2.05, 4.69) is 30.6 Å². The lowest BCUT2D eigenvalue weighted by atomic mass is 10.3. The molecule has 0 bridgehead atoms. The first kappa shape index (κ1) is 11.5. The van der Waals surface area contributed by atoms with Crippen LogP contribution in [0.4, 0.5) is 0 Å². The lowest BCUT2D eigenvalue weighted by molar-refractivity contribution is 0.174. The first-order valence-electron chi connectivity index (χ1n) is 5.55. The predicted molar refractivity (Wildman–Crippen MR) is 65.6 cm³/mol. The minimum Gasteiger partial charge on any atom is -0.454 e. The van der Waals surface area contributed by atoms with E-state index in [9.17, 15) is 0 Å². The fourth-order valence-corrected chi connectivity index (χ4v) is 1.79. The molecule has 1 aliphatic heterocycles. The molecular weight excluding hydrogens is 250 g/mol. The predicted octanol–water partition coefficient (Wildman–Crippen LogP) is 0.916. The fourth-order valence-electron chi connectivity index (χ4n) is 1.79. The van der Waals surface area contributed by atoms with Crippen LogP contribution in [-0.4, -0.2) is 34.1 Å². The van der Waals surface area contributed by atoms with Gasteiger partial charge in [0.05, 0.1) is 11.0 Å². The molecule has 0 aliphatic carbocycles. The molecule has 3 N–H and O–H groups in total. The van der Waals surface area contributed by atoms with E-state index in [0.717, 1.165) is 11.0 Å². The Kier molecular flexibility index (Phi) is 2.76. The molecule has 8 heteroatoms. The zero-order chi connectivity index (χ0) is 13.2. The Hall–Kier alpha value is -2.61. The number of hydrogen-bond donors (Lipinski definition) is 2. The molecule has 3 aromatic rings. The highest BCUT2D eigenvalue weighted by Gasteiger charge is 2.17. The summed E-state index contributed by atoms with van der Waals surface area (Å²) in [6.45, 7) is 0.252. The maximum Gasteiger partial charge on any atom is 0.231 e. The fraction of sp³-hybridized carbons (Fsp3) is 0.182. The van der Waals surface area contributed by atoms with E-state index in [4.69, 9.17) is 9.47 Å². The summed E-state index contributed by atoms with van der Waals surface area (Å²) in [5.74, 6) is 2.02. The number of aromatic amines is 1. The number of ether oxygens (including phenoxy) is 2. The Balaban J connectivity index is 0.000000528. The van der Waals surface area contributed by atoms with E-state index in [1.807, 2.05) is 12.1 Å². The number of hydrogen-bond acceptors (Lipinski definition) is 7. The van der Waals surface area contributed by atoms with Crippen molar-refractivity contribution in [2.24, 2.45) is 5.73 Å². The summed E-state index contributed by atoms with van der Waals surface area (Å²) in [7, 11) is 1.50. The molecule has 0 radical (unpaired) electrons. The molecule has 0 saturated heterocycles. The second-order valence-corrected chi connectivity index (χ2v) is 3.60. The van der Waals surface area contributed by atoms with Crippen LogP contribution in [0.1, 0.15) is 0 Å². The number of nitrogens with two attached hydrogens (primary N) is 1. The Bertz CT molecular complexity index is 651. The molecule has 1 aromatic carbocycles. The molecule has 3 heterocycles. The number of rotatable bonds is 1. The van der Waals surface area contributed by atoms with Crippen molar-refractivity contribution in [3.63, 3.8) is 0 Å². The van der Waals surface area contributed by atoms with Gasteiger partial charge >= 0.3 is 0 Å². The van der Waals surface area contributed by atoms with E-state index in [-0.39, 0.29) is 6.79 Å². The summed E-state index contributed by atoms with van der Waals surface area (Å²) in [5, 5.41) is 7.25. The number of benzene rings is 1. The molecule has 0 fully saturated rings. The van der Waals surface area contributed by atoms with Crippen LogP contribution < -0.4 is 15.2 Å². The summed E-state index contributed by atoms with van der Waals surface area (Å²) in [6.07, 6.45) is 1.50. The number of H-pyrrole nitrogens is 1. The standard InChI is InChI=1S/C10H6N4O3.CH5N/c1-5-6(2-9-8(1)15-4-16-9)13-10(12-5)7-3-11-17-14-7;1-2/h1-3H,4H2,(H,12,13);2H2,1H3. The molecule has 0 unspecified atom stereocenters.